The summed E-state index contributed by atoms with van der Waals surface area (Å²) < 4.78 is 22.2. The number of anilines is 2. The van der Waals surface area contributed by atoms with Gasteiger partial charge < -0.3 is 40.0 Å². The molecule has 0 saturated heterocycles. The van der Waals surface area contributed by atoms with Crippen LogP contribution in [0, 0.1) is 0 Å². The number of nitrogens with zero attached hydrogens (tertiary/aromatic N) is 3. The molecule has 0 atom stereocenters. The summed E-state index contributed by atoms with van der Waals surface area (Å²) in [4.78, 5) is 46.2. The fourth-order valence-corrected chi connectivity index (χ4v) is 3.79. The van der Waals surface area contributed by atoms with Crippen molar-refractivity contribution in [1.29, 1.82) is 0 Å². The van der Waals surface area contributed by atoms with Crippen LogP contribution >= 0.6 is 0 Å². The summed E-state index contributed by atoms with van der Waals surface area (Å²) >= 11 is 0. The molecule has 13 heteroatoms. The molecule has 1 heterocycles. The van der Waals surface area contributed by atoms with Gasteiger partial charge in [0.2, 0.25) is 0 Å². The summed E-state index contributed by atoms with van der Waals surface area (Å²) in [6.45, 7) is 7.39. The standard InChI is InChI=1S/C30H39N5O8/c1-30(2,3)43-29(39)35(4)13-14-40-15-16-41-17-18-42-24-8-6-5-7-22(24)34-27(36)25-26(31)32-19-23(33-25)20-9-11-21(12-10-20)28(37)38/h5-9,11,19H,10,12-18H2,1-4H3,(H2,31,32)(H,34,36)(H,37,38). The molecule has 43 heavy (non-hydrogen) atoms. The van der Waals surface area contributed by atoms with Gasteiger partial charge in [-0.25, -0.2) is 19.6 Å². The molecule has 1 aliphatic carbocycles. The number of aromatic nitrogens is 2. The fourth-order valence-electron chi connectivity index (χ4n) is 3.79. The van der Waals surface area contributed by atoms with Gasteiger partial charge in [-0.15, -0.1) is 0 Å². The number of nitrogens with two attached hydrogens (primary N) is 1. The second kappa shape index (κ2) is 15.7. The van der Waals surface area contributed by atoms with Crippen LogP contribution in [-0.4, -0.2) is 90.2 Å². The van der Waals surface area contributed by atoms with Gasteiger partial charge in [0.15, 0.2) is 11.5 Å². The van der Waals surface area contributed by atoms with Crippen LogP contribution in [0.3, 0.4) is 0 Å². The number of benzene rings is 1. The van der Waals surface area contributed by atoms with Crippen LogP contribution in [0.5, 0.6) is 5.75 Å². The van der Waals surface area contributed by atoms with E-state index in [2.05, 4.69) is 15.3 Å². The Morgan fingerprint density at radius 2 is 1.72 bits per heavy atom. The van der Waals surface area contributed by atoms with Gasteiger partial charge in [0.05, 0.1) is 44.0 Å². The Labute approximate surface area is 250 Å². The van der Waals surface area contributed by atoms with Crippen LogP contribution in [0.25, 0.3) is 5.57 Å². The molecule has 232 valence electrons. The number of carbonyl (C=O) groups is 3. The minimum atomic E-state index is -0.961. The lowest BCUT2D eigenvalue weighted by Gasteiger charge is -2.24. The van der Waals surface area contributed by atoms with E-state index in [9.17, 15) is 14.4 Å². The molecule has 4 N–H and O–H groups in total. The predicted octanol–water partition coefficient (Wildman–Crippen LogP) is 3.78. The zero-order valence-electron chi connectivity index (χ0n) is 24.9. The van der Waals surface area contributed by atoms with E-state index in [1.54, 1.807) is 37.4 Å². The SMILES string of the molecule is CN(CCOCCOCCOc1ccccc1NC(=O)c1nc(C2=CC=C(C(=O)O)CC2)cnc1N)C(=O)OC(C)(C)C. The highest BCUT2D eigenvalue weighted by Crippen LogP contribution is 2.27. The minimum Gasteiger partial charge on any atom is -0.489 e. The molecule has 1 aromatic heterocycles. The number of rotatable bonds is 14. The zero-order chi connectivity index (χ0) is 31.4. The first-order valence-corrected chi connectivity index (χ1v) is 13.8. The second-order valence-electron chi connectivity index (χ2n) is 10.6. The molecule has 13 nitrogen and oxygen atoms in total. The summed E-state index contributed by atoms with van der Waals surface area (Å²) in [6, 6.07) is 6.93. The molecule has 3 rings (SSSR count). The minimum absolute atomic E-state index is 0.0371. The molecule has 2 amide bonds. The number of para-hydroxylation sites is 2. The highest BCUT2D eigenvalue weighted by molar-refractivity contribution is 6.06. The van der Waals surface area contributed by atoms with Crippen LogP contribution in [-0.2, 0) is 19.0 Å². The van der Waals surface area contributed by atoms with Gasteiger partial charge in [-0.1, -0.05) is 24.3 Å². The maximum atomic E-state index is 13.1. The van der Waals surface area contributed by atoms with Gasteiger partial charge in [0.1, 0.15) is 18.0 Å². The highest BCUT2D eigenvalue weighted by Gasteiger charge is 2.20. The average Bonchev–Trinajstić information content (AvgIpc) is 2.96. The van der Waals surface area contributed by atoms with Crippen LogP contribution < -0.4 is 15.8 Å². The molecular formula is C30H39N5O8. The van der Waals surface area contributed by atoms with Gasteiger partial charge in [-0.05, 0) is 51.3 Å². The maximum absolute atomic E-state index is 13.1. The van der Waals surface area contributed by atoms with Gasteiger partial charge >= 0.3 is 12.1 Å². The third-order valence-corrected chi connectivity index (χ3v) is 6.04. The van der Waals surface area contributed by atoms with Crippen LogP contribution in [0.4, 0.5) is 16.3 Å². The first-order chi connectivity index (χ1) is 20.4. The summed E-state index contributed by atoms with van der Waals surface area (Å²) in [6.07, 6.45) is 5.05. The van der Waals surface area contributed by atoms with E-state index in [-0.39, 0.29) is 24.7 Å². The number of amides is 2. The fraction of sp³-hybridized carbons (Fsp3) is 0.433. The van der Waals surface area contributed by atoms with Crippen LogP contribution in [0.2, 0.25) is 0 Å². The summed E-state index contributed by atoms with van der Waals surface area (Å²) in [5, 5.41) is 11.9. The Hall–Kier alpha value is -4.49. The quantitative estimate of drug-likeness (QED) is 0.270. The molecular weight excluding hydrogens is 558 g/mol. The number of aliphatic carboxylic acids is 1. The maximum Gasteiger partial charge on any atom is 0.410 e. The number of carbonyl (C=O) groups excluding carboxylic acids is 2. The number of ether oxygens (including phenoxy) is 4. The van der Waals surface area contributed by atoms with E-state index in [1.165, 1.54) is 17.2 Å². The Kier molecular flexibility index (Phi) is 12.0. The third kappa shape index (κ3) is 10.7. The van der Waals surface area contributed by atoms with Crippen LogP contribution in [0.15, 0.2) is 48.2 Å². The van der Waals surface area contributed by atoms with Gasteiger partial charge in [-0.3, -0.25) is 4.79 Å². The molecule has 2 aromatic rings. The molecule has 0 saturated carbocycles. The lowest BCUT2D eigenvalue weighted by Crippen LogP contribution is -2.36. The number of hydrogen-bond donors (Lipinski definition) is 3. The van der Waals surface area contributed by atoms with Crippen LogP contribution in [0.1, 0.15) is 49.8 Å². The van der Waals surface area contributed by atoms with E-state index in [4.69, 9.17) is 29.8 Å². The predicted molar refractivity (Wildman–Crippen MR) is 160 cm³/mol. The normalized spacial score (nSPS) is 13.0. The van der Waals surface area contributed by atoms with Crippen molar-refractivity contribution in [3.8, 4) is 5.75 Å². The summed E-state index contributed by atoms with van der Waals surface area (Å²) in [5.74, 6) is -1.13. The van der Waals surface area contributed by atoms with E-state index in [0.29, 0.717) is 61.9 Å². The molecule has 0 aliphatic heterocycles. The monoisotopic (exact) mass is 597 g/mol. The van der Waals surface area contributed by atoms with Gasteiger partial charge in [-0.2, -0.15) is 0 Å². The van der Waals surface area contributed by atoms with Crippen molar-refractivity contribution in [2.75, 3.05) is 57.7 Å². The van der Waals surface area contributed by atoms with Gasteiger partial charge in [0.25, 0.3) is 5.91 Å². The van der Waals surface area contributed by atoms with Crippen molar-refractivity contribution in [2.24, 2.45) is 0 Å². The topological polar surface area (TPSA) is 175 Å². The molecule has 0 fully saturated rings. The Balaban J connectivity index is 1.43. The van der Waals surface area contributed by atoms with E-state index in [1.807, 2.05) is 20.8 Å². The summed E-state index contributed by atoms with van der Waals surface area (Å²) in [7, 11) is 1.65. The van der Waals surface area contributed by atoms with Crippen molar-refractivity contribution < 1.29 is 38.4 Å². The number of carboxylic acid groups (broad SMARTS) is 1. The van der Waals surface area contributed by atoms with Crippen molar-refractivity contribution >= 4 is 35.0 Å². The third-order valence-electron chi connectivity index (χ3n) is 6.04. The van der Waals surface area contributed by atoms with Crippen molar-refractivity contribution in [3.05, 3.63) is 59.6 Å². The second-order valence-corrected chi connectivity index (χ2v) is 10.6. The molecule has 0 spiro atoms. The van der Waals surface area contributed by atoms with Crippen molar-refractivity contribution in [1.82, 2.24) is 14.9 Å². The van der Waals surface area contributed by atoms with Gasteiger partial charge in [0, 0.05) is 19.2 Å². The van der Waals surface area contributed by atoms with E-state index in [0.717, 1.165) is 5.57 Å². The first-order valence-electron chi connectivity index (χ1n) is 13.8. The zero-order valence-corrected chi connectivity index (χ0v) is 24.9. The van der Waals surface area contributed by atoms with Crippen molar-refractivity contribution in [2.45, 2.75) is 39.2 Å². The Morgan fingerprint density at radius 1 is 1.02 bits per heavy atom. The lowest BCUT2D eigenvalue weighted by atomic mass is 9.96. The molecule has 1 aromatic carbocycles. The Morgan fingerprint density at radius 3 is 2.40 bits per heavy atom. The smallest absolute Gasteiger partial charge is 0.410 e. The highest BCUT2D eigenvalue weighted by atomic mass is 16.6. The number of carboxylic acids is 1. The lowest BCUT2D eigenvalue weighted by molar-refractivity contribution is -0.132. The number of hydrogen-bond acceptors (Lipinski definition) is 10. The Bertz CT molecular complexity index is 1350. The van der Waals surface area contributed by atoms with Crippen molar-refractivity contribution in [3.63, 3.8) is 0 Å². The van der Waals surface area contributed by atoms with E-state index < -0.39 is 23.6 Å². The summed E-state index contributed by atoms with van der Waals surface area (Å²) in [5.41, 5.74) is 7.28. The molecule has 1 aliphatic rings. The number of allylic oxidation sites excluding steroid dienone is 3. The molecule has 0 unspecified atom stereocenters. The number of nitrogen functional groups attached to an aromatic ring is 1. The largest absolute Gasteiger partial charge is 0.489 e. The average molecular weight is 598 g/mol. The van der Waals surface area contributed by atoms with E-state index >= 15 is 0 Å². The first kappa shape index (κ1) is 33.0. The number of nitrogens with one attached hydrogen (secondary N) is 1. The number of likely N-dealkylation sites (N-methyl/N-ethyl adjacent to an activating group) is 1. The molecule has 0 radical (unpaired) electrons. The molecule has 0 bridgehead atoms.